The summed E-state index contributed by atoms with van der Waals surface area (Å²) in [5, 5.41) is -0.599. The minimum atomic E-state index is -0.254. The molecule has 0 aliphatic heterocycles. The van der Waals surface area contributed by atoms with E-state index in [1.807, 2.05) is 48.5 Å². The summed E-state index contributed by atoms with van der Waals surface area (Å²) < 4.78 is 0. The zero-order valence-electron chi connectivity index (χ0n) is 13.3. The van der Waals surface area contributed by atoms with Crippen LogP contribution in [0.1, 0.15) is 16.5 Å². The predicted octanol–water partition coefficient (Wildman–Crippen LogP) is 5.92. The molecule has 0 aromatic heterocycles. The Morgan fingerprint density at radius 3 is 1.96 bits per heavy atom. The minimum Gasteiger partial charge on any atom is -0.296 e. The second kappa shape index (κ2) is 10.5. The van der Waals surface area contributed by atoms with Crippen LogP contribution in [0, 0.1) is 0 Å². The van der Waals surface area contributed by atoms with Crippen molar-refractivity contribution in [2.45, 2.75) is 22.7 Å². The first-order valence-corrected chi connectivity index (χ1v) is 9.74. The molecule has 0 saturated heterocycles. The van der Waals surface area contributed by atoms with Crippen LogP contribution in [0.25, 0.3) is 0 Å². The molecule has 2 rings (SSSR count). The van der Waals surface area contributed by atoms with E-state index in [2.05, 4.69) is 17.0 Å². The monoisotopic (exact) mass is 403 g/mol. The Bertz CT molecular complexity index is 578. The van der Waals surface area contributed by atoms with Crippen LogP contribution in [0.15, 0.2) is 60.7 Å². The normalized spacial score (nSPS) is 15.2. The highest BCUT2D eigenvalue weighted by Gasteiger charge is 2.23. The molecule has 0 radical (unpaired) electrons. The van der Waals surface area contributed by atoms with Crippen molar-refractivity contribution in [2.24, 2.45) is 0 Å². The van der Waals surface area contributed by atoms with Crippen LogP contribution in [0.2, 0.25) is 0 Å². The van der Waals surface area contributed by atoms with Gasteiger partial charge in [0.2, 0.25) is 0 Å². The summed E-state index contributed by atoms with van der Waals surface area (Å²) >= 11 is 25.3. The van der Waals surface area contributed by atoms with E-state index in [-0.39, 0.29) is 16.1 Å². The van der Waals surface area contributed by atoms with Crippen LogP contribution in [0.3, 0.4) is 0 Å². The summed E-state index contributed by atoms with van der Waals surface area (Å²) in [5.74, 6) is 0.406. The summed E-state index contributed by atoms with van der Waals surface area (Å²) in [7, 11) is 0. The Morgan fingerprint density at radius 1 is 0.792 bits per heavy atom. The van der Waals surface area contributed by atoms with E-state index in [0.29, 0.717) is 19.0 Å². The minimum absolute atomic E-state index is 0.121. The zero-order chi connectivity index (χ0) is 17.4. The molecule has 0 amide bonds. The molecule has 0 fully saturated rings. The first-order chi connectivity index (χ1) is 11.6. The van der Waals surface area contributed by atoms with Gasteiger partial charge in [-0.05, 0) is 11.1 Å². The molecule has 130 valence electrons. The number of hydrogen-bond acceptors (Lipinski definition) is 1. The quantitative estimate of drug-likeness (QED) is 0.468. The zero-order valence-corrected chi connectivity index (χ0v) is 16.3. The molecule has 0 heterocycles. The van der Waals surface area contributed by atoms with Gasteiger partial charge in [0.1, 0.15) is 0 Å². The molecular formula is C19H21Cl4N. The van der Waals surface area contributed by atoms with Gasteiger partial charge >= 0.3 is 0 Å². The van der Waals surface area contributed by atoms with Crippen molar-refractivity contribution in [3.8, 4) is 0 Å². The topological polar surface area (TPSA) is 3.24 Å². The van der Waals surface area contributed by atoms with Gasteiger partial charge in [-0.3, -0.25) is 4.90 Å². The molecule has 24 heavy (non-hydrogen) atoms. The summed E-state index contributed by atoms with van der Waals surface area (Å²) in [6.45, 7) is 2.07. The lowest BCUT2D eigenvalue weighted by Crippen LogP contribution is -2.36. The van der Waals surface area contributed by atoms with E-state index in [0.717, 1.165) is 12.1 Å². The van der Waals surface area contributed by atoms with E-state index in [9.17, 15) is 0 Å². The van der Waals surface area contributed by atoms with Crippen LogP contribution < -0.4 is 0 Å². The molecule has 0 aliphatic rings. The predicted molar refractivity (Wildman–Crippen MR) is 107 cm³/mol. The Kier molecular flexibility index (Phi) is 8.72. The average Bonchev–Trinajstić information content (AvgIpc) is 2.62. The first kappa shape index (κ1) is 19.9. The lowest BCUT2D eigenvalue weighted by atomic mass is 10.1. The van der Waals surface area contributed by atoms with Gasteiger partial charge in [-0.25, -0.2) is 0 Å². The summed E-state index contributed by atoms with van der Waals surface area (Å²) in [6.07, 6.45) is 0. The van der Waals surface area contributed by atoms with E-state index < -0.39 is 0 Å². The first-order valence-electron chi connectivity index (χ1n) is 7.89. The van der Waals surface area contributed by atoms with Crippen LogP contribution in [-0.4, -0.2) is 34.6 Å². The van der Waals surface area contributed by atoms with Gasteiger partial charge in [0, 0.05) is 25.5 Å². The fourth-order valence-electron chi connectivity index (χ4n) is 2.56. The van der Waals surface area contributed by atoms with Crippen molar-refractivity contribution in [1.29, 1.82) is 0 Å². The van der Waals surface area contributed by atoms with Crippen molar-refractivity contribution >= 4 is 46.4 Å². The molecule has 5 heteroatoms. The SMILES string of the molecule is ClCC(Cl)CN(Cc1ccccc1)CC(Cl)C(Cl)c1ccccc1. The number of nitrogens with zero attached hydrogens (tertiary/aromatic N) is 1. The van der Waals surface area contributed by atoms with E-state index in [4.69, 9.17) is 46.4 Å². The second-order valence-corrected chi connectivity index (χ2v) is 7.72. The van der Waals surface area contributed by atoms with Gasteiger partial charge in [0.25, 0.3) is 0 Å². The highest BCUT2D eigenvalue weighted by Crippen LogP contribution is 2.29. The Labute approximate surface area is 164 Å². The molecule has 3 atom stereocenters. The third-order valence-corrected chi connectivity index (χ3v) is 5.64. The lowest BCUT2D eigenvalue weighted by Gasteiger charge is -2.28. The molecule has 0 saturated carbocycles. The molecule has 0 aliphatic carbocycles. The summed E-state index contributed by atoms with van der Waals surface area (Å²) in [6, 6.07) is 20.2. The van der Waals surface area contributed by atoms with E-state index in [1.165, 1.54) is 5.56 Å². The van der Waals surface area contributed by atoms with E-state index >= 15 is 0 Å². The van der Waals surface area contributed by atoms with Crippen molar-refractivity contribution in [3.63, 3.8) is 0 Å². The smallest absolute Gasteiger partial charge is 0.0761 e. The number of alkyl halides is 4. The summed E-state index contributed by atoms with van der Waals surface area (Å²) in [5.41, 5.74) is 2.24. The fourth-order valence-corrected chi connectivity index (χ4v) is 3.42. The van der Waals surface area contributed by atoms with Crippen molar-refractivity contribution in [2.75, 3.05) is 19.0 Å². The van der Waals surface area contributed by atoms with Gasteiger partial charge in [0.05, 0.1) is 16.1 Å². The number of benzene rings is 2. The number of hydrogen-bond donors (Lipinski definition) is 0. The molecule has 0 spiro atoms. The van der Waals surface area contributed by atoms with Gasteiger partial charge in [-0.2, -0.15) is 0 Å². The van der Waals surface area contributed by atoms with Crippen molar-refractivity contribution < 1.29 is 0 Å². The maximum Gasteiger partial charge on any atom is 0.0761 e. The van der Waals surface area contributed by atoms with Crippen LogP contribution >= 0.6 is 46.4 Å². The Balaban J connectivity index is 2.03. The molecular weight excluding hydrogens is 384 g/mol. The molecule has 0 N–H and O–H groups in total. The van der Waals surface area contributed by atoms with Crippen LogP contribution in [0.4, 0.5) is 0 Å². The molecule has 0 bridgehead atoms. The van der Waals surface area contributed by atoms with E-state index in [1.54, 1.807) is 0 Å². The maximum absolute atomic E-state index is 6.60. The third kappa shape index (κ3) is 6.46. The standard InChI is InChI=1S/C19H21Cl4N/c20-11-17(21)13-24(12-15-7-3-1-4-8-15)14-18(22)19(23)16-9-5-2-6-10-16/h1-10,17-19H,11-14H2. The lowest BCUT2D eigenvalue weighted by molar-refractivity contribution is 0.266. The third-order valence-electron chi connectivity index (χ3n) is 3.74. The van der Waals surface area contributed by atoms with Gasteiger partial charge in [-0.1, -0.05) is 60.7 Å². The maximum atomic E-state index is 6.60. The molecule has 2 aromatic carbocycles. The van der Waals surface area contributed by atoms with Crippen molar-refractivity contribution in [3.05, 3.63) is 71.8 Å². The molecule has 1 nitrogen and oxygen atoms in total. The molecule has 3 unspecified atom stereocenters. The largest absolute Gasteiger partial charge is 0.296 e. The Hall–Kier alpha value is -0.440. The van der Waals surface area contributed by atoms with Crippen LogP contribution in [0.5, 0.6) is 0 Å². The van der Waals surface area contributed by atoms with Crippen molar-refractivity contribution in [1.82, 2.24) is 4.90 Å². The fraction of sp³-hybridized carbons (Fsp3) is 0.368. The summed E-state index contributed by atoms with van der Waals surface area (Å²) in [4.78, 5) is 2.21. The van der Waals surface area contributed by atoms with Gasteiger partial charge in [0.15, 0.2) is 0 Å². The Morgan fingerprint density at radius 2 is 1.38 bits per heavy atom. The highest BCUT2D eigenvalue weighted by molar-refractivity contribution is 6.30. The van der Waals surface area contributed by atoms with Gasteiger partial charge < -0.3 is 0 Å². The highest BCUT2D eigenvalue weighted by atomic mass is 35.5. The molecule has 2 aromatic rings. The second-order valence-electron chi connectivity index (χ2n) is 5.76. The number of rotatable bonds is 9. The number of halogens is 4. The van der Waals surface area contributed by atoms with Crippen LogP contribution in [-0.2, 0) is 6.54 Å². The average molecular weight is 405 g/mol. The van der Waals surface area contributed by atoms with Gasteiger partial charge in [-0.15, -0.1) is 46.4 Å².